The third-order valence-electron chi connectivity index (χ3n) is 7.92. The Labute approximate surface area is 240 Å². The fourth-order valence-electron chi connectivity index (χ4n) is 5.94. The molecule has 0 unspecified atom stereocenters. The second-order valence-corrected chi connectivity index (χ2v) is 10.6. The molecule has 0 N–H and O–H groups in total. The van der Waals surface area contributed by atoms with Crippen LogP contribution in [0.5, 0.6) is 0 Å². The van der Waals surface area contributed by atoms with Gasteiger partial charge in [-0.25, -0.2) is 4.57 Å². The Bertz CT molecular complexity index is 2830. The van der Waals surface area contributed by atoms with Crippen molar-refractivity contribution >= 4 is 60.8 Å². The fraction of sp³-hybridized carbons (Fsp3) is 0.0667. The summed E-state index contributed by atoms with van der Waals surface area (Å²) >= 11 is 6.13. The number of benzene rings is 3. The predicted molar refractivity (Wildman–Crippen MR) is 162 cm³/mol. The molecule has 0 aliphatic carbocycles. The van der Waals surface area contributed by atoms with Crippen molar-refractivity contribution in [3.05, 3.63) is 141 Å². The Morgan fingerprint density at radius 1 is 0.651 bits per heavy atom. The van der Waals surface area contributed by atoms with Gasteiger partial charge < -0.3 is 14.6 Å². The van der Waals surface area contributed by atoms with Gasteiger partial charge >= 0.3 is 0 Å². The van der Waals surface area contributed by atoms with E-state index < -0.39 is 44.5 Å². The van der Waals surface area contributed by atoms with Crippen LogP contribution < -0.4 is 49.5 Å². The van der Waals surface area contributed by atoms with E-state index in [9.17, 15) is 38.4 Å². The number of rotatable bonds is 3. The molecule has 0 fully saturated rings. The number of hydrogen-bond acceptors (Lipinski definition) is 8. The smallest absolute Gasteiger partial charge is 0.281 e. The van der Waals surface area contributed by atoms with E-state index in [2.05, 4.69) is 11.6 Å². The summed E-state index contributed by atoms with van der Waals surface area (Å²) in [5.41, 5.74) is -7.05. The summed E-state index contributed by atoms with van der Waals surface area (Å²) in [4.78, 5) is 109. The molecule has 0 saturated carbocycles. The van der Waals surface area contributed by atoms with Gasteiger partial charge in [0.05, 0.1) is 49.1 Å². The Morgan fingerprint density at radius 2 is 1.14 bits per heavy atom. The van der Waals surface area contributed by atoms with E-state index in [0.29, 0.717) is 14.9 Å². The predicted octanol–water partition coefficient (Wildman–Crippen LogP) is 0.508. The zero-order valence-corrected chi connectivity index (χ0v) is 22.9. The summed E-state index contributed by atoms with van der Waals surface area (Å²) in [5.74, 6) is 0. The van der Waals surface area contributed by atoms with Gasteiger partial charge in [-0.2, -0.15) is 9.35 Å². The average molecular weight is 594 g/mol. The van der Waals surface area contributed by atoms with E-state index in [0.717, 1.165) is 22.8 Å². The molecule has 12 nitrogen and oxygen atoms in total. The molecule has 4 aromatic heterocycles. The lowest BCUT2D eigenvalue weighted by Gasteiger charge is -2.05. The number of aryl methyl sites for hydroxylation is 2. The molecular formula is C30H14ClN4O8-. The molecule has 0 saturated heterocycles. The first-order valence-corrected chi connectivity index (χ1v) is 13.0. The highest BCUT2D eigenvalue weighted by Crippen LogP contribution is 2.28. The van der Waals surface area contributed by atoms with Crippen LogP contribution in [0.4, 0.5) is 0 Å². The van der Waals surface area contributed by atoms with Crippen molar-refractivity contribution < 1.29 is 0 Å². The van der Waals surface area contributed by atoms with Gasteiger partial charge in [0.1, 0.15) is 0 Å². The van der Waals surface area contributed by atoms with Crippen LogP contribution >= 0.6 is 11.6 Å². The molecule has 43 heavy (non-hydrogen) atoms. The summed E-state index contributed by atoms with van der Waals surface area (Å²) in [7, 11) is 0. The Balaban J connectivity index is 1.65. The highest BCUT2D eigenvalue weighted by Gasteiger charge is 2.29. The van der Waals surface area contributed by atoms with Gasteiger partial charge in [0.25, 0.3) is 33.4 Å². The van der Waals surface area contributed by atoms with Gasteiger partial charge in [-0.15, -0.1) is 0 Å². The van der Waals surface area contributed by atoms with Crippen molar-refractivity contribution in [3.63, 3.8) is 0 Å². The first-order chi connectivity index (χ1) is 20.4. The molecule has 4 heterocycles. The minimum atomic E-state index is -1.11. The van der Waals surface area contributed by atoms with E-state index in [-0.39, 0.29) is 64.9 Å². The minimum Gasteiger partial charge on any atom is -0.587 e. The third kappa shape index (κ3) is 3.09. The van der Waals surface area contributed by atoms with Crippen molar-refractivity contribution in [1.82, 2.24) is 18.9 Å². The third-order valence-corrected chi connectivity index (χ3v) is 8.15. The first kappa shape index (κ1) is 26.2. The summed E-state index contributed by atoms with van der Waals surface area (Å²) in [6.45, 7) is 6.75. The Hall–Kier alpha value is -5.75. The maximum atomic E-state index is 13.9. The van der Waals surface area contributed by atoms with Crippen LogP contribution in [0.2, 0.25) is 5.02 Å². The van der Waals surface area contributed by atoms with Crippen molar-refractivity contribution in [3.8, 4) is 5.69 Å². The molecule has 0 bridgehead atoms. The lowest BCUT2D eigenvalue weighted by atomic mass is 9.97. The molecule has 0 aliphatic heterocycles. The average Bonchev–Trinajstić information content (AvgIpc) is 3.58. The number of nitrogens with zero attached hydrogens (tertiary/aromatic N) is 4. The highest BCUT2D eigenvalue weighted by molar-refractivity contribution is 6.30. The maximum absolute atomic E-state index is 13.9. The van der Waals surface area contributed by atoms with E-state index in [1.165, 1.54) is 13.0 Å². The van der Waals surface area contributed by atoms with E-state index >= 15 is 0 Å². The second kappa shape index (κ2) is 8.39. The minimum absolute atomic E-state index is 0.00892. The van der Waals surface area contributed by atoms with Crippen LogP contribution in [0.25, 0.3) is 54.9 Å². The van der Waals surface area contributed by atoms with Gasteiger partial charge in [-0.1, -0.05) is 30.3 Å². The largest absolute Gasteiger partial charge is 0.587 e. The van der Waals surface area contributed by atoms with Crippen molar-refractivity contribution in [1.29, 1.82) is 0 Å². The summed E-state index contributed by atoms with van der Waals surface area (Å²) < 4.78 is 1.56. The van der Waals surface area contributed by atoms with Crippen molar-refractivity contribution in [2.75, 3.05) is 0 Å². The van der Waals surface area contributed by atoms with E-state index in [4.69, 9.17) is 11.6 Å². The Kier molecular flexibility index (Phi) is 5.11. The number of fused-ring (bicyclic) bond motifs is 4. The zero-order chi connectivity index (χ0) is 30.8. The zero-order valence-electron chi connectivity index (χ0n) is 22.1. The molecule has 210 valence electrons. The van der Waals surface area contributed by atoms with Crippen LogP contribution in [0.15, 0.2) is 75.3 Å². The van der Waals surface area contributed by atoms with Crippen LogP contribution in [0, 0.1) is 13.8 Å². The molecule has 0 spiro atoms. The van der Waals surface area contributed by atoms with E-state index in [1.807, 2.05) is 0 Å². The van der Waals surface area contributed by atoms with Crippen molar-refractivity contribution in [2.45, 2.75) is 13.8 Å². The van der Waals surface area contributed by atoms with Crippen LogP contribution in [-0.2, 0) is 0 Å². The normalized spacial score (nSPS) is 12.0. The van der Waals surface area contributed by atoms with Crippen molar-refractivity contribution in [2.24, 2.45) is 0 Å². The van der Waals surface area contributed by atoms with Gasteiger partial charge in [0.2, 0.25) is 0 Å². The summed E-state index contributed by atoms with van der Waals surface area (Å²) in [6, 6.07) is 6.72. The lowest BCUT2D eigenvalue weighted by molar-refractivity contribution is 0.594. The van der Waals surface area contributed by atoms with Crippen LogP contribution in [0.1, 0.15) is 16.7 Å². The molecule has 0 atom stereocenters. The molecule has 13 heteroatoms. The summed E-state index contributed by atoms with van der Waals surface area (Å²) in [6.07, 6.45) is 1.15. The fourth-order valence-corrected chi connectivity index (χ4v) is 6.11. The highest BCUT2D eigenvalue weighted by atomic mass is 35.5. The number of hydrogen-bond donors (Lipinski definition) is 0. The molecule has 7 rings (SSSR count). The standard InChI is InChI=1S/C30H15ClN4O8/c1-4-13-21-19(27(40)33(28(21)41)18-7-12(31)6-5-10(18)2)11(3)20-22(13)30(43)35(29(20)42)34-25(38)16-8-14-15(9-17(16)26(34)39)24(37)32-23(14)36/h4-9H,1H2,2-3H3,(H,32,36,37)/p-1. The van der Waals surface area contributed by atoms with Crippen LogP contribution in [-0.4, -0.2) is 13.9 Å². The van der Waals surface area contributed by atoms with Gasteiger partial charge in [0.15, 0.2) is 0 Å². The molecule has 0 amide bonds. The van der Waals surface area contributed by atoms with E-state index in [1.54, 1.807) is 19.1 Å². The van der Waals surface area contributed by atoms with Gasteiger partial charge in [-0.05, 0) is 49.2 Å². The molecular weight excluding hydrogens is 580 g/mol. The quantitative estimate of drug-likeness (QED) is 0.284. The molecule has 7 aromatic rings. The van der Waals surface area contributed by atoms with Gasteiger partial charge in [-0.3, -0.25) is 28.8 Å². The monoisotopic (exact) mass is 593 g/mol. The van der Waals surface area contributed by atoms with Crippen LogP contribution in [0.3, 0.4) is 0 Å². The Morgan fingerprint density at radius 3 is 1.72 bits per heavy atom. The van der Waals surface area contributed by atoms with Gasteiger partial charge in [0, 0.05) is 21.4 Å². The lowest BCUT2D eigenvalue weighted by Crippen LogP contribution is -2.43. The first-order valence-electron chi connectivity index (χ1n) is 12.6. The molecule has 0 radical (unpaired) electrons. The summed E-state index contributed by atoms with van der Waals surface area (Å²) in [5, 5.41) is -1.62. The number of aromatic nitrogens is 4. The molecule has 0 aliphatic rings. The maximum Gasteiger partial charge on any atom is 0.281 e. The topological polar surface area (TPSA) is 165 Å². The molecule has 3 aromatic carbocycles. The second-order valence-electron chi connectivity index (χ2n) is 10.1. The SMILES string of the molecule is C=Cc1c2c(=O)n(-c3cc(Cl)ccc3C)c(=O)c2c(C)c2c(=O)n(-n3c(=O)c4cc5c(=O)[n-]c(=O)c5cc4c3=O)c(=O)c12. The number of halogens is 1.